The molecule has 2 aromatic rings. The maximum atomic E-state index is 12.4. The number of benzene rings is 1. The monoisotopic (exact) mass is 506 g/mol. The molecule has 194 valence electrons. The Morgan fingerprint density at radius 1 is 1.14 bits per heavy atom. The second-order valence-corrected chi connectivity index (χ2v) is 9.98. The number of thiophene rings is 1. The highest BCUT2D eigenvalue weighted by Crippen LogP contribution is 2.30. The van der Waals surface area contributed by atoms with Crippen LogP contribution in [0.15, 0.2) is 41.1 Å². The fourth-order valence-electron chi connectivity index (χ4n) is 3.79. The molecule has 2 N–H and O–H groups in total. The van der Waals surface area contributed by atoms with Crippen LogP contribution in [0.25, 0.3) is 0 Å². The molecule has 0 bridgehead atoms. The van der Waals surface area contributed by atoms with E-state index in [1.54, 1.807) is 18.3 Å². The van der Waals surface area contributed by atoms with Gasteiger partial charge in [0.15, 0.2) is 6.29 Å². The van der Waals surface area contributed by atoms with E-state index in [4.69, 9.17) is 14.2 Å². The molecule has 1 amide bonds. The van der Waals surface area contributed by atoms with Crippen LogP contribution < -0.4 is 10.2 Å². The smallest absolute Gasteiger partial charge is 0.422 e. The lowest BCUT2D eigenvalue weighted by molar-refractivity contribution is -0.160. The molecule has 0 spiro atoms. The summed E-state index contributed by atoms with van der Waals surface area (Å²) in [6, 6.07) is 7.96. The largest absolute Gasteiger partial charge is 0.488 e. The van der Waals surface area contributed by atoms with Gasteiger partial charge in [-0.2, -0.15) is 11.3 Å². The second kappa shape index (κ2) is 13.6. The normalized spacial score (nSPS) is 14.4. The molecule has 2 rings (SSSR count). The summed E-state index contributed by atoms with van der Waals surface area (Å²) in [7, 11) is 0. The number of amides is 1. The van der Waals surface area contributed by atoms with E-state index in [2.05, 4.69) is 5.43 Å². The van der Waals surface area contributed by atoms with Crippen LogP contribution in [0.3, 0.4) is 0 Å². The van der Waals surface area contributed by atoms with Crippen molar-refractivity contribution in [3.63, 3.8) is 0 Å². The second-order valence-electron chi connectivity index (χ2n) is 9.20. The van der Waals surface area contributed by atoms with Crippen molar-refractivity contribution < 1.29 is 28.9 Å². The van der Waals surface area contributed by atoms with Gasteiger partial charge in [-0.15, -0.1) is 0 Å². The van der Waals surface area contributed by atoms with Crippen molar-refractivity contribution in [3.8, 4) is 5.75 Å². The summed E-state index contributed by atoms with van der Waals surface area (Å²) < 4.78 is 17.2. The molecule has 0 saturated carbocycles. The highest BCUT2D eigenvalue weighted by molar-refractivity contribution is 7.07. The first-order chi connectivity index (χ1) is 16.6. The third kappa shape index (κ3) is 8.92. The van der Waals surface area contributed by atoms with E-state index in [9.17, 15) is 14.7 Å². The van der Waals surface area contributed by atoms with E-state index >= 15 is 0 Å². The fraction of sp³-hybridized carbons (Fsp3) is 0.538. The van der Waals surface area contributed by atoms with Crippen LogP contribution in [-0.2, 0) is 20.7 Å². The van der Waals surface area contributed by atoms with Crippen LogP contribution >= 0.6 is 11.3 Å². The third-order valence-corrected chi connectivity index (χ3v) is 5.97. The first kappa shape index (κ1) is 28.8. The molecule has 8 nitrogen and oxygen atoms in total. The van der Waals surface area contributed by atoms with Crippen molar-refractivity contribution in [3.05, 3.63) is 52.2 Å². The van der Waals surface area contributed by atoms with Gasteiger partial charge in [0.2, 0.25) is 0 Å². The number of hydrogen-bond donors (Lipinski definition) is 2. The topological polar surface area (TPSA) is 97.3 Å². The van der Waals surface area contributed by atoms with Gasteiger partial charge in [-0.1, -0.05) is 12.1 Å². The van der Waals surface area contributed by atoms with Crippen LogP contribution in [0.4, 0.5) is 4.79 Å². The molecule has 1 aromatic heterocycles. The summed E-state index contributed by atoms with van der Waals surface area (Å²) in [6.45, 7) is 12.2. The van der Waals surface area contributed by atoms with Gasteiger partial charge in [-0.3, -0.25) is 0 Å². The zero-order chi connectivity index (χ0) is 26.0. The molecule has 3 atom stereocenters. The van der Waals surface area contributed by atoms with E-state index in [0.717, 1.165) is 16.1 Å². The predicted octanol–water partition coefficient (Wildman–Crippen LogP) is 5.09. The number of carbonyl (C=O) groups excluding carboxylic acids is 1. The number of hydrogen-bond acceptors (Lipinski definition) is 7. The number of carboxylic acid groups (broad SMARTS) is 1. The maximum absolute atomic E-state index is 12.4. The van der Waals surface area contributed by atoms with Crippen LogP contribution in [0, 0.1) is 0 Å². The van der Waals surface area contributed by atoms with Crippen molar-refractivity contribution in [2.45, 2.75) is 77.9 Å². The van der Waals surface area contributed by atoms with Crippen molar-refractivity contribution >= 4 is 23.7 Å². The molecule has 0 aliphatic carbocycles. The van der Waals surface area contributed by atoms with Gasteiger partial charge in [-0.05, 0) is 88.0 Å². The Morgan fingerprint density at radius 3 is 2.23 bits per heavy atom. The van der Waals surface area contributed by atoms with Crippen molar-refractivity contribution in [1.29, 1.82) is 0 Å². The highest BCUT2D eigenvalue weighted by Gasteiger charge is 2.35. The molecular formula is C26H38N2O6S. The molecular weight excluding hydrogens is 468 g/mol. The first-order valence-electron chi connectivity index (χ1n) is 11.9. The first-order valence-corrected chi connectivity index (χ1v) is 12.8. The van der Waals surface area contributed by atoms with E-state index in [-0.39, 0.29) is 5.60 Å². The van der Waals surface area contributed by atoms with Gasteiger partial charge in [0.1, 0.15) is 23.7 Å². The van der Waals surface area contributed by atoms with Crippen LogP contribution in [0.5, 0.6) is 5.75 Å². The van der Waals surface area contributed by atoms with Gasteiger partial charge in [0, 0.05) is 19.1 Å². The van der Waals surface area contributed by atoms with E-state index < -0.39 is 30.4 Å². The zero-order valence-electron chi connectivity index (χ0n) is 21.4. The Morgan fingerprint density at radius 2 is 1.77 bits per heavy atom. The minimum Gasteiger partial charge on any atom is -0.488 e. The Labute approximate surface area is 212 Å². The quantitative estimate of drug-likeness (QED) is 0.209. The average molecular weight is 507 g/mol. The van der Waals surface area contributed by atoms with Gasteiger partial charge >= 0.3 is 6.09 Å². The molecule has 0 aliphatic rings. The Kier molecular flexibility index (Phi) is 11.2. The van der Waals surface area contributed by atoms with Gasteiger partial charge < -0.3 is 24.1 Å². The van der Waals surface area contributed by atoms with E-state index in [0.29, 0.717) is 31.7 Å². The Bertz CT molecular complexity index is 892. The van der Waals surface area contributed by atoms with Crippen LogP contribution in [0.2, 0.25) is 0 Å². The average Bonchev–Trinajstić information content (AvgIpc) is 3.30. The van der Waals surface area contributed by atoms with Gasteiger partial charge in [0.05, 0.1) is 6.04 Å². The lowest BCUT2D eigenvalue weighted by Gasteiger charge is -2.36. The minimum atomic E-state index is -1.26. The molecule has 2 unspecified atom stereocenters. The summed E-state index contributed by atoms with van der Waals surface area (Å²) in [6.07, 6.45) is -0.750. The van der Waals surface area contributed by atoms with Crippen molar-refractivity contribution in [1.82, 2.24) is 10.4 Å². The van der Waals surface area contributed by atoms with E-state index in [1.165, 1.54) is 0 Å². The summed E-state index contributed by atoms with van der Waals surface area (Å²) >= 11 is 1.56. The van der Waals surface area contributed by atoms with Gasteiger partial charge in [0.25, 0.3) is 0 Å². The van der Waals surface area contributed by atoms with Gasteiger partial charge in [-0.25, -0.2) is 15.2 Å². The number of nitrogens with zero attached hydrogens (tertiary/aromatic N) is 1. The van der Waals surface area contributed by atoms with Crippen molar-refractivity contribution in [2.24, 2.45) is 0 Å². The number of hydrazine groups is 1. The zero-order valence-corrected chi connectivity index (χ0v) is 22.2. The molecule has 0 fully saturated rings. The van der Waals surface area contributed by atoms with Crippen LogP contribution in [0.1, 0.15) is 58.6 Å². The Hall–Kier alpha value is -2.46. The maximum Gasteiger partial charge on any atom is 0.422 e. The number of aldehydes is 1. The summed E-state index contributed by atoms with van der Waals surface area (Å²) in [5.41, 5.74) is 4.46. The summed E-state index contributed by atoms with van der Waals surface area (Å²) in [5.74, 6) is 0.274. The molecule has 0 aliphatic heterocycles. The molecule has 9 heteroatoms. The third-order valence-electron chi connectivity index (χ3n) is 5.24. The van der Waals surface area contributed by atoms with E-state index in [1.807, 2.05) is 75.7 Å². The predicted molar refractivity (Wildman–Crippen MR) is 137 cm³/mol. The number of carbonyl (C=O) groups is 2. The summed E-state index contributed by atoms with van der Waals surface area (Å²) in [4.78, 5) is 24.7. The minimum absolute atomic E-state index is 0.346. The molecule has 35 heavy (non-hydrogen) atoms. The highest BCUT2D eigenvalue weighted by atomic mass is 32.1. The molecule has 1 aromatic carbocycles. The fourth-order valence-corrected chi connectivity index (χ4v) is 4.47. The number of ether oxygens (including phenoxy) is 3. The summed E-state index contributed by atoms with van der Waals surface area (Å²) in [5, 5.41) is 15.0. The number of nitrogens with one attached hydrogen (secondary N) is 1. The SMILES string of the molecule is CCOC(OCC)[C@H](C)NN(C(=O)O)C(C=O)C(Cc1ccsc1)c1ccc(OC(C)(C)C)cc1. The molecule has 0 radical (unpaired) electrons. The molecule has 0 saturated heterocycles. The lowest BCUT2D eigenvalue weighted by Crippen LogP contribution is -2.58. The van der Waals surface area contributed by atoms with Crippen LogP contribution in [-0.4, -0.2) is 59.7 Å². The lowest BCUT2D eigenvalue weighted by atomic mass is 9.86. The Balaban J connectivity index is 2.38. The molecule has 1 heterocycles. The number of rotatable bonds is 14. The van der Waals surface area contributed by atoms with Crippen molar-refractivity contribution in [2.75, 3.05) is 13.2 Å². The standard InChI is InChI=1S/C26H38N2O6S/c1-7-32-24(33-8-2)18(3)27-28(25(30)31)23(16-29)22(15-19-13-14-35-17-19)20-9-11-21(12-10-20)34-26(4,5)6/h9-14,16-18,22-24,27H,7-8,15H2,1-6H3,(H,30,31)/t18-,22?,23?/m0/s1.